The minimum Gasteiger partial charge on any atom is -0.465 e. The molecule has 2 N–H and O–H groups in total. The second-order valence-electron chi connectivity index (χ2n) is 7.92. The molecule has 3 aromatic rings. The SMILES string of the molecule is CC(C)C(=O)Nc1nnc(N2CCC(Oc3nnc(NC(=O)Cc4ccccc4)s3)CC2)s1. The summed E-state index contributed by atoms with van der Waals surface area (Å²) < 4.78 is 5.98. The van der Waals surface area contributed by atoms with Gasteiger partial charge in [-0.05, 0) is 16.9 Å². The number of hydrogen-bond acceptors (Lipinski definition) is 10. The van der Waals surface area contributed by atoms with E-state index in [0.717, 1.165) is 36.6 Å². The molecular weight excluding hydrogens is 462 g/mol. The number of carbonyl (C=O) groups is 2. The van der Waals surface area contributed by atoms with E-state index in [1.54, 1.807) is 0 Å². The summed E-state index contributed by atoms with van der Waals surface area (Å²) in [6, 6.07) is 9.54. The van der Waals surface area contributed by atoms with Crippen LogP contribution in [0.5, 0.6) is 5.19 Å². The Kier molecular flexibility index (Phi) is 7.45. The summed E-state index contributed by atoms with van der Waals surface area (Å²) in [7, 11) is 0. The van der Waals surface area contributed by atoms with Crippen molar-refractivity contribution in [3.63, 3.8) is 0 Å². The van der Waals surface area contributed by atoms with Crippen LogP contribution < -0.4 is 20.3 Å². The Bertz CT molecular complexity index is 1080. The van der Waals surface area contributed by atoms with Crippen LogP contribution >= 0.6 is 22.7 Å². The fraction of sp³-hybridized carbons (Fsp3) is 0.429. The summed E-state index contributed by atoms with van der Waals surface area (Å²) >= 11 is 2.59. The zero-order valence-electron chi connectivity index (χ0n) is 18.4. The molecule has 0 spiro atoms. The van der Waals surface area contributed by atoms with Crippen LogP contribution in [0.15, 0.2) is 30.3 Å². The standard InChI is InChI=1S/C21H25N7O3S2/c1-13(2)17(30)23-19-24-26-20(32-19)28-10-8-15(9-11-28)31-21-27-25-18(33-21)22-16(29)12-14-6-4-3-5-7-14/h3-7,13,15H,8-12H2,1-2H3,(H,22,25,29)(H,23,24,30). The number of anilines is 3. The van der Waals surface area contributed by atoms with Crippen molar-refractivity contribution in [1.29, 1.82) is 0 Å². The quantitative estimate of drug-likeness (QED) is 0.497. The lowest BCUT2D eigenvalue weighted by Crippen LogP contribution is -2.38. The normalized spacial score (nSPS) is 14.3. The predicted octanol–water partition coefficient (Wildman–Crippen LogP) is 3.21. The van der Waals surface area contributed by atoms with Crippen molar-refractivity contribution in [1.82, 2.24) is 20.4 Å². The summed E-state index contributed by atoms with van der Waals surface area (Å²) in [6.45, 7) is 5.19. The van der Waals surface area contributed by atoms with E-state index in [9.17, 15) is 9.59 Å². The highest BCUT2D eigenvalue weighted by Gasteiger charge is 2.24. The molecule has 0 aliphatic carbocycles. The Labute approximate surface area is 199 Å². The van der Waals surface area contributed by atoms with E-state index in [0.29, 0.717) is 15.5 Å². The van der Waals surface area contributed by atoms with E-state index in [2.05, 4.69) is 35.9 Å². The highest BCUT2D eigenvalue weighted by Crippen LogP contribution is 2.29. The van der Waals surface area contributed by atoms with E-state index >= 15 is 0 Å². The van der Waals surface area contributed by atoms with Crippen molar-refractivity contribution < 1.29 is 14.3 Å². The van der Waals surface area contributed by atoms with Crippen LogP contribution in [0.4, 0.5) is 15.4 Å². The molecular formula is C21H25N7O3S2. The third-order valence-corrected chi connectivity index (χ3v) is 6.64. The van der Waals surface area contributed by atoms with Crippen molar-refractivity contribution in [3.05, 3.63) is 35.9 Å². The molecule has 4 rings (SSSR count). The lowest BCUT2D eigenvalue weighted by Gasteiger charge is -2.30. The Morgan fingerprint density at radius 3 is 2.45 bits per heavy atom. The fourth-order valence-corrected chi connectivity index (χ4v) is 4.68. The molecule has 0 saturated carbocycles. The number of rotatable bonds is 8. The minimum absolute atomic E-state index is 0.00936. The largest absolute Gasteiger partial charge is 0.465 e. The molecule has 1 aliphatic heterocycles. The summed E-state index contributed by atoms with van der Waals surface area (Å²) in [5, 5.41) is 24.0. The van der Waals surface area contributed by atoms with Crippen molar-refractivity contribution in [3.8, 4) is 5.19 Å². The molecule has 0 bridgehead atoms. The van der Waals surface area contributed by atoms with Gasteiger partial charge in [0.2, 0.25) is 27.2 Å². The van der Waals surface area contributed by atoms with E-state index in [1.165, 1.54) is 22.7 Å². The van der Waals surface area contributed by atoms with Gasteiger partial charge in [-0.15, -0.1) is 15.3 Å². The first-order chi connectivity index (χ1) is 16.0. The van der Waals surface area contributed by atoms with Gasteiger partial charge in [-0.1, -0.05) is 60.6 Å². The van der Waals surface area contributed by atoms with Crippen LogP contribution in [0.3, 0.4) is 0 Å². The van der Waals surface area contributed by atoms with Crippen LogP contribution in [-0.4, -0.2) is 51.4 Å². The number of aromatic nitrogens is 4. The van der Waals surface area contributed by atoms with Gasteiger partial charge in [-0.25, -0.2) is 0 Å². The van der Waals surface area contributed by atoms with Gasteiger partial charge in [-0.2, -0.15) is 0 Å². The van der Waals surface area contributed by atoms with Gasteiger partial charge in [-0.3, -0.25) is 9.59 Å². The van der Waals surface area contributed by atoms with Crippen molar-refractivity contribution in [2.75, 3.05) is 28.6 Å². The van der Waals surface area contributed by atoms with E-state index in [-0.39, 0.29) is 30.3 Å². The van der Waals surface area contributed by atoms with Crippen LogP contribution in [0.1, 0.15) is 32.3 Å². The third-order valence-electron chi connectivity index (χ3n) is 5.01. The summed E-state index contributed by atoms with van der Waals surface area (Å²) in [5.74, 6) is -0.320. The van der Waals surface area contributed by atoms with Crippen LogP contribution in [-0.2, 0) is 16.0 Å². The first kappa shape index (κ1) is 23.1. The van der Waals surface area contributed by atoms with Gasteiger partial charge in [0.05, 0.1) is 6.42 Å². The van der Waals surface area contributed by atoms with Crippen molar-refractivity contribution in [2.45, 2.75) is 39.2 Å². The van der Waals surface area contributed by atoms with Crippen molar-refractivity contribution in [2.24, 2.45) is 5.92 Å². The Balaban J connectivity index is 1.23. The van der Waals surface area contributed by atoms with E-state index in [1.807, 2.05) is 44.2 Å². The lowest BCUT2D eigenvalue weighted by molar-refractivity contribution is -0.119. The predicted molar refractivity (Wildman–Crippen MR) is 128 cm³/mol. The Hall–Kier alpha value is -3.12. The van der Waals surface area contributed by atoms with Gasteiger partial charge in [0, 0.05) is 31.8 Å². The second kappa shape index (κ2) is 10.7. The molecule has 0 unspecified atom stereocenters. The third kappa shape index (κ3) is 6.45. The zero-order valence-corrected chi connectivity index (χ0v) is 20.0. The molecule has 1 saturated heterocycles. The second-order valence-corrected chi connectivity index (χ2v) is 9.82. The molecule has 0 atom stereocenters. The molecule has 1 fully saturated rings. The average molecular weight is 488 g/mol. The molecule has 2 amide bonds. The first-order valence-electron chi connectivity index (χ1n) is 10.7. The summed E-state index contributed by atoms with van der Waals surface area (Å²) in [4.78, 5) is 26.2. The maximum absolute atomic E-state index is 12.2. The van der Waals surface area contributed by atoms with Crippen molar-refractivity contribution >= 4 is 49.9 Å². The number of benzene rings is 1. The molecule has 1 aliphatic rings. The molecule has 2 aromatic heterocycles. The van der Waals surface area contributed by atoms with Gasteiger partial charge >= 0.3 is 0 Å². The number of nitrogens with one attached hydrogen (secondary N) is 2. The average Bonchev–Trinajstić information content (AvgIpc) is 3.44. The summed E-state index contributed by atoms with van der Waals surface area (Å²) in [5.41, 5.74) is 0.938. The molecule has 0 radical (unpaired) electrons. The molecule has 33 heavy (non-hydrogen) atoms. The maximum atomic E-state index is 12.2. The van der Waals surface area contributed by atoms with Gasteiger partial charge in [0.25, 0.3) is 5.19 Å². The van der Waals surface area contributed by atoms with Crippen LogP contribution in [0.2, 0.25) is 0 Å². The number of nitrogens with zero attached hydrogens (tertiary/aromatic N) is 5. The highest BCUT2D eigenvalue weighted by atomic mass is 32.1. The van der Waals surface area contributed by atoms with Gasteiger partial charge in [0.15, 0.2) is 0 Å². The lowest BCUT2D eigenvalue weighted by atomic mass is 10.1. The fourth-order valence-electron chi connectivity index (χ4n) is 3.20. The first-order valence-corrected chi connectivity index (χ1v) is 12.3. The monoisotopic (exact) mass is 487 g/mol. The Morgan fingerprint density at radius 1 is 1.03 bits per heavy atom. The zero-order chi connectivity index (χ0) is 23.2. The Morgan fingerprint density at radius 2 is 1.73 bits per heavy atom. The number of ether oxygens (including phenoxy) is 1. The molecule has 12 heteroatoms. The van der Waals surface area contributed by atoms with E-state index in [4.69, 9.17) is 4.74 Å². The topological polar surface area (TPSA) is 122 Å². The number of amides is 2. The van der Waals surface area contributed by atoms with E-state index < -0.39 is 0 Å². The van der Waals surface area contributed by atoms with Crippen LogP contribution in [0, 0.1) is 5.92 Å². The number of hydrogen-bond donors (Lipinski definition) is 2. The molecule has 3 heterocycles. The summed E-state index contributed by atoms with van der Waals surface area (Å²) in [6.07, 6.45) is 1.88. The number of piperidine rings is 1. The molecule has 174 valence electrons. The smallest absolute Gasteiger partial charge is 0.296 e. The van der Waals surface area contributed by atoms with Gasteiger partial charge in [0.1, 0.15) is 6.10 Å². The molecule has 1 aromatic carbocycles. The molecule has 10 nitrogen and oxygen atoms in total. The minimum atomic E-state index is -0.141. The number of carbonyl (C=O) groups excluding carboxylic acids is 2. The van der Waals surface area contributed by atoms with Gasteiger partial charge < -0.3 is 20.3 Å². The highest BCUT2D eigenvalue weighted by molar-refractivity contribution is 7.19. The maximum Gasteiger partial charge on any atom is 0.296 e. The van der Waals surface area contributed by atoms with Crippen LogP contribution in [0.25, 0.3) is 0 Å².